The van der Waals surface area contributed by atoms with Crippen LogP contribution in [0.2, 0.25) is 0 Å². The van der Waals surface area contributed by atoms with Crippen LogP contribution in [0.5, 0.6) is 11.5 Å². The van der Waals surface area contributed by atoms with Crippen LogP contribution in [0.3, 0.4) is 0 Å². The summed E-state index contributed by atoms with van der Waals surface area (Å²) in [7, 11) is 4.72. The number of carbonyl (C=O) groups is 2. The van der Waals surface area contributed by atoms with Crippen molar-refractivity contribution in [1.82, 2.24) is 0 Å². The van der Waals surface area contributed by atoms with Gasteiger partial charge in [-0.2, -0.15) is 0 Å². The molecule has 0 saturated heterocycles. The molecule has 2 amide bonds. The second-order valence-corrected chi connectivity index (χ2v) is 10.3. The van der Waals surface area contributed by atoms with Gasteiger partial charge >= 0.3 is 6.09 Å². The van der Waals surface area contributed by atoms with Gasteiger partial charge < -0.3 is 45.9 Å². The number of nitrogens with one attached hydrogen (secondary N) is 1. The zero-order chi connectivity index (χ0) is 30.1. The number of allylic oxidation sites excluding steroid dienone is 2. The van der Waals surface area contributed by atoms with Crippen molar-refractivity contribution in [3.8, 4) is 11.5 Å². The van der Waals surface area contributed by atoms with Crippen molar-refractivity contribution >= 4 is 23.4 Å². The first-order valence-corrected chi connectivity index (χ1v) is 13.3. The lowest BCUT2D eigenvalue weighted by Gasteiger charge is -2.29. The highest BCUT2D eigenvalue weighted by molar-refractivity contribution is 6.04. The first kappa shape index (κ1) is 32.8. The molecule has 0 saturated carbocycles. The van der Waals surface area contributed by atoms with Crippen LogP contribution in [0, 0.1) is 11.8 Å². The number of aromatic hydroxyl groups is 2. The average Bonchev–Trinajstić information content (AvgIpc) is 2.90. The van der Waals surface area contributed by atoms with E-state index >= 15 is 0 Å². The summed E-state index contributed by atoms with van der Waals surface area (Å²) in [6.45, 7) is 7.12. The first-order valence-electron chi connectivity index (χ1n) is 13.3. The number of ether oxygens (including phenoxy) is 3. The number of hydrogen-bond donors (Lipinski definition) is 6. The smallest absolute Gasteiger partial charge is 0.405 e. The predicted molar refractivity (Wildman–Crippen MR) is 151 cm³/mol. The third kappa shape index (κ3) is 8.31. The summed E-state index contributed by atoms with van der Waals surface area (Å²) in [5.41, 5.74) is 7.28. The Labute approximate surface area is 235 Å². The Bertz CT molecular complexity index is 1150. The molecule has 0 radical (unpaired) electrons. The molecule has 0 fully saturated rings. The van der Waals surface area contributed by atoms with Crippen LogP contribution < -0.4 is 16.4 Å². The lowest BCUT2D eigenvalue weighted by atomic mass is 9.87. The van der Waals surface area contributed by atoms with Gasteiger partial charge in [0.2, 0.25) is 0 Å². The maximum Gasteiger partial charge on any atom is 0.405 e. The maximum atomic E-state index is 12.9. The van der Waals surface area contributed by atoms with E-state index in [2.05, 4.69) is 5.32 Å². The Balaban J connectivity index is 2.65. The molecule has 2 bridgehead atoms. The van der Waals surface area contributed by atoms with Gasteiger partial charge in [-0.25, -0.2) is 4.79 Å². The van der Waals surface area contributed by atoms with Gasteiger partial charge in [-0.05, 0) is 38.2 Å². The lowest BCUT2D eigenvalue weighted by molar-refractivity contribution is -0.540. The van der Waals surface area contributed by atoms with Gasteiger partial charge in [0.25, 0.3) is 5.91 Å². The number of phenolic OH excluding ortho intramolecular Hbond substituents is 2. The van der Waals surface area contributed by atoms with Crippen molar-refractivity contribution < 1.29 is 44.4 Å². The summed E-state index contributed by atoms with van der Waals surface area (Å²) in [5.74, 6) is -1.20. The monoisotopic (exact) mass is 562 g/mol. The van der Waals surface area contributed by atoms with Gasteiger partial charge in [-0.15, -0.1) is 0 Å². The second kappa shape index (κ2) is 14.8. The molecular formula is C29H44N3O8+. The molecular weight excluding hydrogens is 518 g/mol. The minimum absolute atomic E-state index is 0.0754. The van der Waals surface area contributed by atoms with E-state index in [0.717, 1.165) is 0 Å². The summed E-state index contributed by atoms with van der Waals surface area (Å²) in [6, 6.07) is 1.31. The number of rotatable bonds is 4. The molecule has 1 aliphatic rings. The van der Waals surface area contributed by atoms with Crippen molar-refractivity contribution in [2.75, 3.05) is 26.6 Å². The number of anilines is 1. The van der Waals surface area contributed by atoms with Gasteiger partial charge in [0.15, 0.2) is 17.5 Å². The molecule has 1 aliphatic heterocycles. The SMILES string of the molecule is C[NH2+]c1c(O)cc2c(O)c1C[C@@H](C)C[C@H](OC)[C@H](O)[C@@H](C)/C=C(\C)[C@H](OC(N)=O)[C@@H](OC)/C=C\C=C(/C)C(=O)N2. The summed E-state index contributed by atoms with van der Waals surface area (Å²) in [4.78, 5) is 24.6. The number of quaternary nitrogens is 1. The Kier molecular flexibility index (Phi) is 12.2. The minimum atomic E-state index is -0.983. The number of fused-ring (bicyclic) bond motifs is 2. The van der Waals surface area contributed by atoms with E-state index in [1.54, 1.807) is 50.5 Å². The Morgan fingerprint density at radius 2 is 1.85 bits per heavy atom. The van der Waals surface area contributed by atoms with E-state index in [4.69, 9.17) is 19.9 Å². The van der Waals surface area contributed by atoms with Crippen LogP contribution in [0.25, 0.3) is 0 Å². The molecule has 6 atom stereocenters. The van der Waals surface area contributed by atoms with Crippen LogP contribution in [0.1, 0.15) is 39.7 Å². The third-order valence-corrected chi connectivity index (χ3v) is 7.16. The molecule has 0 spiro atoms. The van der Waals surface area contributed by atoms with E-state index in [0.29, 0.717) is 35.2 Å². The van der Waals surface area contributed by atoms with Gasteiger partial charge in [0.1, 0.15) is 11.9 Å². The Morgan fingerprint density at radius 3 is 2.42 bits per heavy atom. The standard InChI is InChI=1S/C29H43N3O8/c1-15-11-19-24(31-5)21(33)14-20(26(19)35)32-28(36)16(2)9-8-10-22(38-6)27(40-29(30)37)18(4)13-17(3)25(34)23(12-15)39-7/h8-10,13-15,17,22-23,25,27,31,33-35H,11-12H2,1-7H3,(H2,30,37)(H,32,36)/p+1/b10-8-,16-9+,18-13+/t15-,17+,22+,23+,25-,27+/m1/s1. The Hall–Kier alpha value is -3.38. The number of aliphatic hydroxyl groups excluding tert-OH is 1. The van der Waals surface area contributed by atoms with Crippen LogP contribution in [-0.2, 0) is 25.4 Å². The fourth-order valence-electron chi connectivity index (χ4n) is 4.96. The van der Waals surface area contributed by atoms with Crippen molar-refractivity contribution in [1.29, 1.82) is 0 Å². The molecule has 1 heterocycles. The summed E-state index contributed by atoms with van der Waals surface area (Å²) < 4.78 is 16.6. The van der Waals surface area contributed by atoms with Crippen LogP contribution >= 0.6 is 0 Å². The highest BCUT2D eigenvalue weighted by Crippen LogP contribution is 2.40. The fourth-order valence-corrected chi connectivity index (χ4v) is 4.96. The molecule has 40 heavy (non-hydrogen) atoms. The van der Waals surface area contributed by atoms with Gasteiger partial charge in [0.05, 0.1) is 30.5 Å². The molecule has 1 aromatic rings. The number of nitrogens with two attached hydrogens (primary N) is 2. The van der Waals surface area contributed by atoms with E-state index in [9.17, 15) is 24.9 Å². The van der Waals surface area contributed by atoms with Crippen molar-refractivity contribution in [2.45, 2.75) is 65.0 Å². The summed E-state index contributed by atoms with van der Waals surface area (Å²) in [5, 5.41) is 37.4. The zero-order valence-electron chi connectivity index (χ0n) is 24.3. The number of amides is 2. The number of carbonyl (C=O) groups excluding carboxylic acids is 2. The van der Waals surface area contributed by atoms with Crippen molar-refractivity contribution in [3.63, 3.8) is 0 Å². The predicted octanol–water partition coefficient (Wildman–Crippen LogP) is 2.38. The largest absolute Gasteiger partial charge is 0.505 e. The summed E-state index contributed by atoms with van der Waals surface area (Å²) in [6.07, 6.45) is 3.21. The molecule has 222 valence electrons. The molecule has 1 aromatic carbocycles. The minimum Gasteiger partial charge on any atom is -0.505 e. The quantitative estimate of drug-likeness (QED) is 0.140. The zero-order valence-corrected chi connectivity index (χ0v) is 24.3. The topological polar surface area (TPSA) is 177 Å². The number of methoxy groups -OCH3 is 2. The fraction of sp³-hybridized carbons (Fsp3) is 0.517. The van der Waals surface area contributed by atoms with E-state index in [1.165, 1.54) is 20.3 Å². The van der Waals surface area contributed by atoms with E-state index in [-0.39, 0.29) is 23.1 Å². The number of phenols is 2. The maximum absolute atomic E-state index is 12.9. The third-order valence-electron chi connectivity index (χ3n) is 7.16. The molecule has 11 nitrogen and oxygen atoms in total. The van der Waals surface area contributed by atoms with Crippen LogP contribution in [0.15, 0.2) is 41.5 Å². The normalized spacial score (nSPS) is 30.4. The molecule has 0 unspecified atom stereocenters. The van der Waals surface area contributed by atoms with Gasteiger partial charge in [-0.1, -0.05) is 38.2 Å². The van der Waals surface area contributed by atoms with Gasteiger partial charge in [0, 0.05) is 31.8 Å². The molecule has 0 aromatic heterocycles. The van der Waals surface area contributed by atoms with Crippen LogP contribution in [0.4, 0.5) is 16.2 Å². The Morgan fingerprint density at radius 1 is 1.18 bits per heavy atom. The number of benzene rings is 1. The highest BCUT2D eigenvalue weighted by atomic mass is 16.6. The summed E-state index contributed by atoms with van der Waals surface area (Å²) >= 11 is 0. The number of hydrogen-bond acceptors (Lipinski definition) is 8. The highest BCUT2D eigenvalue weighted by Gasteiger charge is 2.30. The second-order valence-electron chi connectivity index (χ2n) is 10.3. The van der Waals surface area contributed by atoms with Crippen molar-refractivity contribution in [2.24, 2.45) is 17.6 Å². The molecule has 11 heteroatoms. The van der Waals surface area contributed by atoms with E-state index < -0.39 is 42.3 Å². The molecule has 0 aliphatic carbocycles. The molecule has 8 N–H and O–H groups in total. The van der Waals surface area contributed by atoms with E-state index in [1.807, 2.05) is 13.8 Å². The lowest BCUT2D eigenvalue weighted by Crippen LogP contribution is -2.73. The molecule has 2 rings (SSSR count). The number of aliphatic hydroxyl groups is 1. The van der Waals surface area contributed by atoms with Gasteiger partial charge in [-0.3, -0.25) is 4.79 Å². The van der Waals surface area contributed by atoms with Crippen molar-refractivity contribution in [3.05, 3.63) is 47.1 Å². The number of primary amides is 1. The first-order chi connectivity index (χ1) is 18.8. The average molecular weight is 563 g/mol. The van der Waals surface area contributed by atoms with Crippen LogP contribution in [-0.4, -0.2) is 73.0 Å².